The van der Waals surface area contributed by atoms with Crippen LogP contribution < -0.4 is 10.0 Å². The highest BCUT2D eigenvalue weighted by atomic mass is 32.2. The Morgan fingerprint density at radius 2 is 2.30 bits per heavy atom. The maximum atomic E-state index is 12.4. The second-order valence-corrected chi connectivity index (χ2v) is 7.32. The summed E-state index contributed by atoms with van der Waals surface area (Å²) in [6, 6.07) is -0.116. The van der Waals surface area contributed by atoms with Crippen LogP contribution in [0.2, 0.25) is 0 Å². The van der Waals surface area contributed by atoms with Crippen LogP contribution in [0.3, 0.4) is 0 Å². The maximum Gasteiger partial charge on any atom is 0.258 e. The molecule has 0 bridgehead atoms. The third kappa shape index (κ3) is 3.57. The maximum absolute atomic E-state index is 12.4. The Morgan fingerprint density at radius 3 is 2.95 bits per heavy atom. The molecule has 2 heterocycles. The van der Waals surface area contributed by atoms with Crippen molar-refractivity contribution in [3.05, 3.63) is 11.8 Å². The number of H-pyrrole nitrogens is 1. The van der Waals surface area contributed by atoms with Gasteiger partial charge in [-0.05, 0) is 33.7 Å². The molecule has 1 aromatic heterocycles. The van der Waals surface area contributed by atoms with Crippen LogP contribution in [0.25, 0.3) is 0 Å². The second-order valence-electron chi connectivity index (χ2n) is 5.67. The van der Waals surface area contributed by atoms with Gasteiger partial charge in [-0.3, -0.25) is 5.10 Å². The molecular weight excluding hydrogens is 280 g/mol. The molecule has 1 aliphatic heterocycles. The SMILES string of the molecule is CNCc1cn[nH]c1S(=O)(=O)NC1CCOC(C)(C)C1. The summed E-state index contributed by atoms with van der Waals surface area (Å²) < 4.78 is 33.2. The third-order valence-corrected chi connectivity index (χ3v) is 4.87. The smallest absolute Gasteiger partial charge is 0.258 e. The van der Waals surface area contributed by atoms with Gasteiger partial charge >= 0.3 is 0 Å². The van der Waals surface area contributed by atoms with Crippen LogP contribution in [0, 0.1) is 0 Å². The fraction of sp³-hybridized carbons (Fsp3) is 0.750. The van der Waals surface area contributed by atoms with Gasteiger partial charge in [0, 0.05) is 24.8 Å². The van der Waals surface area contributed by atoms with Crippen molar-refractivity contribution in [2.75, 3.05) is 13.7 Å². The van der Waals surface area contributed by atoms with Gasteiger partial charge in [0.1, 0.15) is 0 Å². The Kier molecular flexibility index (Phi) is 4.48. The van der Waals surface area contributed by atoms with E-state index >= 15 is 0 Å². The molecule has 0 saturated carbocycles. The van der Waals surface area contributed by atoms with Gasteiger partial charge in [-0.1, -0.05) is 0 Å². The summed E-state index contributed by atoms with van der Waals surface area (Å²) in [4.78, 5) is 0. The van der Waals surface area contributed by atoms with Crippen molar-refractivity contribution in [2.24, 2.45) is 0 Å². The first-order chi connectivity index (χ1) is 9.34. The molecule has 114 valence electrons. The van der Waals surface area contributed by atoms with Crippen molar-refractivity contribution < 1.29 is 13.2 Å². The van der Waals surface area contributed by atoms with Crippen molar-refractivity contribution >= 4 is 10.0 Å². The highest BCUT2D eigenvalue weighted by molar-refractivity contribution is 7.89. The quantitative estimate of drug-likeness (QED) is 0.730. The van der Waals surface area contributed by atoms with Crippen molar-refractivity contribution in [3.63, 3.8) is 0 Å². The normalized spacial score (nSPS) is 22.9. The predicted molar refractivity (Wildman–Crippen MR) is 74.7 cm³/mol. The number of nitrogens with one attached hydrogen (secondary N) is 3. The first-order valence-electron chi connectivity index (χ1n) is 6.67. The fourth-order valence-electron chi connectivity index (χ4n) is 2.46. The Hall–Kier alpha value is -0.960. The molecule has 7 nitrogen and oxygen atoms in total. The van der Waals surface area contributed by atoms with Crippen molar-refractivity contribution in [2.45, 2.75) is 49.9 Å². The summed E-state index contributed by atoms with van der Waals surface area (Å²) in [6.45, 7) is 4.95. The lowest BCUT2D eigenvalue weighted by atomic mass is 9.95. The van der Waals surface area contributed by atoms with Crippen molar-refractivity contribution in [1.29, 1.82) is 0 Å². The van der Waals surface area contributed by atoms with Crippen molar-refractivity contribution in [1.82, 2.24) is 20.2 Å². The molecule has 1 atom stereocenters. The van der Waals surface area contributed by atoms with Gasteiger partial charge in [0.2, 0.25) is 0 Å². The third-order valence-electron chi connectivity index (χ3n) is 3.33. The van der Waals surface area contributed by atoms with E-state index in [4.69, 9.17) is 4.74 Å². The molecule has 20 heavy (non-hydrogen) atoms. The Labute approximate surface area is 119 Å². The molecule has 0 amide bonds. The lowest BCUT2D eigenvalue weighted by Gasteiger charge is -2.35. The molecule has 8 heteroatoms. The molecule has 0 aromatic carbocycles. The summed E-state index contributed by atoms with van der Waals surface area (Å²) in [5, 5.41) is 9.45. The zero-order valence-corrected chi connectivity index (χ0v) is 12.9. The van der Waals surface area contributed by atoms with Gasteiger partial charge in [-0.15, -0.1) is 0 Å². The monoisotopic (exact) mass is 302 g/mol. The lowest BCUT2D eigenvalue weighted by molar-refractivity contribution is -0.0599. The van der Waals surface area contributed by atoms with Crippen LogP contribution in [0.15, 0.2) is 11.2 Å². The Morgan fingerprint density at radius 1 is 1.55 bits per heavy atom. The Bertz CT molecular complexity index is 553. The number of aromatic nitrogens is 2. The number of sulfonamides is 1. The van der Waals surface area contributed by atoms with E-state index in [2.05, 4.69) is 20.2 Å². The summed E-state index contributed by atoms with van der Waals surface area (Å²) in [5.74, 6) is 0. The number of aromatic amines is 1. The summed E-state index contributed by atoms with van der Waals surface area (Å²) in [7, 11) is -1.82. The van der Waals surface area contributed by atoms with E-state index in [9.17, 15) is 8.42 Å². The minimum Gasteiger partial charge on any atom is -0.375 e. The first-order valence-corrected chi connectivity index (χ1v) is 8.15. The van der Waals surface area contributed by atoms with Crippen LogP contribution in [0.1, 0.15) is 32.3 Å². The molecule has 1 fully saturated rings. The minimum absolute atomic E-state index is 0.116. The van der Waals surface area contributed by atoms with Crippen LogP contribution in [0.5, 0.6) is 0 Å². The van der Waals surface area contributed by atoms with Gasteiger partial charge < -0.3 is 10.1 Å². The second kappa shape index (κ2) is 5.80. The zero-order valence-electron chi connectivity index (χ0n) is 12.1. The number of hydrogen-bond acceptors (Lipinski definition) is 5. The van der Waals surface area contributed by atoms with Gasteiger partial charge in [-0.2, -0.15) is 5.10 Å². The molecule has 0 radical (unpaired) electrons. The van der Waals surface area contributed by atoms with E-state index in [0.717, 1.165) is 0 Å². The molecule has 3 N–H and O–H groups in total. The van der Waals surface area contributed by atoms with E-state index in [-0.39, 0.29) is 16.7 Å². The van der Waals surface area contributed by atoms with Gasteiger partial charge in [-0.25, -0.2) is 13.1 Å². The van der Waals surface area contributed by atoms with Crippen molar-refractivity contribution in [3.8, 4) is 0 Å². The lowest BCUT2D eigenvalue weighted by Crippen LogP contribution is -2.45. The first kappa shape index (κ1) is 15.4. The van der Waals surface area contributed by atoms with Crippen LogP contribution in [0.4, 0.5) is 0 Å². The molecule has 1 saturated heterocycles. The zero-order chi connectivity index (χ0) is 14.8. The number of hydrogen-bond donors (Lipinski definition) is 3. The van der Waals surface area contributed by atoms with Crippen LogP contribution >= 0.6 is 0 Å². The van der Waals surface area contributed by atoms with Crippen LogP contribution in [-0.2, 0) is 21.3 Å². The molecule has 1 aromatic rings. The van der Waals surface area contributed by atoms with Crippen LogP contribution in [-0.4, -0.2) is 43.9 Å². The van der Waals surface area contributed by atoms with Gasteiger partial charge in [0.25, 0.3) is 10.0 Å². The topological polar surface area (TPSA) is 96.1 Å². The predicted octanol–water partition coefficient (Wildman–Crippen LogP) is 0.365. The fourth-order valence-corrected chi connectivity index (χ4v) is 3.86. The number of rotatable bonds is 5. The highest BCUT2D eigenvalue weighted by Crippen LogP contribution is 2.25. The van der Waals surface area contributed by atoms with Gasteiger partial charge in [0.15, 0.2) is 5.03 Å². The standard InChI is InChI=1S/C12H22N4O3S/c1-12(2)6-10(4-5-19-12)16-20(17,18)11-9(7-13-3)8-14-15-11/h8,10,13,16H,4-7H2,1-3H3,(H,14,15). The number of nitrogens with zero attached hydrogens (tertiary/aromatic N) is 1. The highest BCUT2D eigenvalue weighted by Gasteiger charge is 2.32. The largest absolute Gasteiger partial charge is 0.375 e. The molecule has 2 rings (SSSR count). The number of ether oxygens (including phenoxy) is 1. The molecule has 1 unspecified atom stereocenters. The molecular formula is C12H22N4O3S. The van der Waals surface area contributed by atoms with E-state index < -0.39 is 10.0 Å². The summed E-state index contributed by atoms with van der Waals surface area (Å²) >= 11 is 0. The van der Waals surface area contributed by atoms with E-state index in [1.807, 2.05) is 13.8 Å². The molecule has 1 aliphatic rings. The minimum atomic E-state index is -3.58. The average Bonchev–Trinajstić information content (AvgIpc) is 2.76. The summed E-state index contributed by atoms with van der Waals surface area (Å²) in [6.07, 6.45) is 2.86. The van der Waals surface area contributed by atoms with E-state index in [0.29, 0.717) is 31.6 Å². The Balaban J connectivity index is 2.13. The molecule has 0 spiro atoms. The van der Waals surface area contributed by atoms with E-state index in [1.165, 1.54) is 6.20 Å². The summed E-state index contributed by atoms with van der Waals surface area (Å²) in [5.41, 5.74) is 0.332. The molecule has 0 aliphatic carbocycles. The van der Waals surface area contributed by atoms with Gasteiger partial charge in [0.05, 0.1) is 11.8 Å². The van der Waals surface area contributed by atoms with E-state index in [1.54, 1.807) is 7.05 Å². The average molecular weight is 302 g/mol.